The predicted octanol–water partition coefficient (Wildman–Crippen LogP) is 3.36. The van der Waals surface area contributed by atoms with E-state index < -0.39 is 0 Å². The summed E-state index contributed by atoms with van der Waals surface area (Å²) in [6.07, 6.45) is 2.68. The molecule has 3 N–H and O–H groups in total. The van der Waals surface area contributed by atoms with E-state index in [1.54, 1.807) is 18.3 Å². The van der Waals surface area contributed by atoms with Crippen molar-refractivity contribution >= 4 is 40.8 Å². The lowest BCUT2D eigenvalue weighted by Gasteiger charge is -2.24. The zero-order valence-corrected chi connectivity index (χ0v) is 17.0. The number of hydrogen-bond acceptors (Lipinski definition) is 4. The average molecular weight is 420 g/mol. The van der Waals surface area contributed by atoms with E-state index in [4.69, 9.17) is 29.6 Å². The van der Waals surface area contributed by atoms with Gasteiger partial charge in [-0.2, -0.15) is 5.10 Å². The van der Waals surface area contributed by atoms with Gasteiger partial charge in [-0.15, -0.1) is 0 Å². The van der Waals surface area contributed by atoms with Crippen LogP contribution in [0.15, 0.2) is 47.6 Å². The maximum absolute atomic E-state index is 14.1. The fourth-order valence-corrected chi connectivity index (χ4v) is 3.51. The van der Waals surface area contributed by atoms with Crippen LogP contribution in [-0.4, -0.2) is 42.4 Å². The minimum absolute atomic E-state index is 0.138. The SMILES string of the molecule is NC(=S)NN=Cc1ccc(N2CCCN(Cc3c(F)cccc3Cl)CC2)cc1. The summed E-state index contributed by atoms with van der Waals surface area (Å²) < 4.78 is 14.1. The van der Waals surface area contributed by atoms with Crippen LogP contribution in [0.5, 0.6) is 0 Å². The van der Waals surface area contributed by atoms with Crippen molar-refractivity contribution in [3.63, 3.8) is 0 Å². The van der Waals surface area contributed by atoms with E-state index in [2.05, 4.69) is 32.5 Å². The third kappa shape index (κ3) is 5.64. The van der Waals surface area contributed by atoms with Crippen molar-refractivity contribution in [2.45, 2.75) is 13.0 Å². The number of nitrogens with two attached hydrogens (primary N) is 1. The summed E-state index contributed by atoms with van der Waals surface area (Å²) in [6, 6.07) is 13.0. The Labute approximate surface area is 175 Å². The summed E-state index contributed by atoms with van der Waals surface area (Å²) in [7, 11) is 0. The van der Waals surface area contributed by atoms with Gasteiger partial charge in [-0.25, -0.2) is 4.39 Å². The van der Waals surface area contributed by atoms with E-state index in [1.165, 1.54) is 6.07 Å². The predicted molar refractivity (Wildman–Crippen MR) is 117 cm³/mol. The van der Waals surface area contributed by atoms with Gasteiger partial charge in [0.25, 0.3) is 0 Å². The van der Waals surface area contributed by atoms with Gasteiger partial charge in [0, 0.05) is 49.0 Å². The smallest absolute Gasteiger partial charge is 0.184 e. The highest BCUT2D eigenvalue weighted by Gasteiger charge is 2.17. The molecule has 1 heterocycles. The second-order valence-electron chi connectivity index (χ2n) is 6.64. The summed E-state index contributed by atoms with van der Waals surface area (Å²) in [5.74, 6) is -0.240. The third-order valence-corrected chi connectivity index (χ3v) is 5.12. The second-order valence-corrected chi connectivity index (χ2v) is 7.49. The maximum Gasteiger partial charge on any atom is 0.184 e. The van der Waals surface area contributed by atoms with Gasteiger partial charge in [-0.05, 0) is 48.5 Å². The van der Waals surface area contributed by atoms with Crippen LogP contribution in [0.3, 0.4) is 0 Å². The average Bonchev–Trinajstić information content (AvgIpc) is 2.91. The van der Waals surface area contributed by atoms with Crippen LogP contribution in [0, 0.1) is 5.82 Å². The first-order chi connectivity index (χ1) is 13.5. The summed E-state index contributed by atoms with van der Waals surface area (Å²) in [5, 5.41) is 4.59. The van der Waals surface area contributed by atoms with Crippen molar-refractivity contribution in [2.75, 3.05) is 31.1 Å². The number of nitrogens with zero attached hydrogens (tertiary/aromatic N) is 3. The van der Waals surface area contributed by atoms with Crippen LogP contribution in [0.1, 0.15) is 17.5 Å². The van der Waals surface area contributed by atoms with Crippen LogP contribution < -0.4 is 16.1 Å². The highest BCUT2D eigenvalue weighted by Crippen LogP contribution is 2.22. The summed E-state index contributed by atoms with van der Waals surface area (Å²) >= 11 is 10.9. The van der Waals surface area contributed by atoms with Gasteiger partial charge in [0.1, 0.15) is 5.82 Å². The minimum atomic E-state index is -0.240. The molecule has 3 rings (SSSR count). The third-order valence-electron chi connectivity index (χ3n) is 4.68. The van der Waals surface area contributed by atoms with E-state index in [9.17, 15) is 4.39 Å². The van der Waals surface area contributed by atoms with Gasteiger partial charge in [-0.1, -0.05) is 29.8 Å². The van der Waals surface area contributed by atoms with Crippen LogP contribution in [0.2, 0.25) is 5.02 Å². The second kappa shape index (κ2) is 9.82. The van der Waals surface area contributed by atoms with Crippen molar-refractivity contribution < 1.29 is 4.39 Å². The molecule has 1 saturated heterocycles. The van der Waals surface area contributed by atoms with Gasteiger partial charge < -0.3 is 10.6 Å². The van der Waals surface area contributed by atoms with Crippen molar-refractivity contribution in [1.29, 1.82) is 0 Å². The Bertz CT molecular complexity index is 823. The molecule has 0 bridgehead atoms. The topological polar surface area (TPSA) is 56.9 Å². The summed E-state index contributed by atoms with van der Waals surface area (Å²) in [4.78, 5) is 4.60. The Morgan fingerprint density at radius 2 is 1.96 bits per heavy atom. The molecule has 0 aliphatic carbocycles. The molecule has 0 spiro atoms. The van der Waals surface area contributed by atoms with Gasteiger partial charge in [0.15, 0.2) is 5.11 Å². The van der Waals surface area contributed by atoms with Gasteiger partial charge in [0.2, 0.25) is 0 Å². The Kier molecular flexibility index (Phi) is 7.19. The number of benzene rings is 2. The van der Waals surface area contributed by atoms with Gasteiger partial charge >= 0.3 is 0 Å². The van der Waals surface area contributed by atoms with Crippen LogP contribution in [0.25, 0.3) is 0 Å². The number of thiocarbonyl (C=S) groups is 1. The van der Waals surface area contributed by atoms with E-state index in [1.807, 2.05) is 12.1 Å². The molecule has 8 heteroatoms. The summed E-state index contributed by atoms with van der Waals surface area (Å²) in [5.41, 5.74) is 10.6. The molecule has 0 amide bonds. The molecule has 0 radical (unpaired) electrons. The van der Waals surface area contributed by atoms with E-state index in [-0.39, 0.29) is 10.9 Å². The van der Waals surface area contributed by atoms with Crippen LogP contribution >= 0.6 is 23.8 Å². The number of hydrogen-bond donors (Lipinski definition) is 2. The first-order valence-corrected chi connectivity index (χ1v) is 9.90. The molecule has 1 aliphatic rings. The number of hydrazone groups is 1. The lowest BCUT2D eigenvalue weighted by molar-refractivity contribution is 0.281. The fraction of sp³-hybridized carbons (Fsp3) is 0.300. The molecule has 0 atom stereocenters. The number of anilines is 1. The Balaban J connectivity index is 1.59. The fourth-order valence-electron chi connectivity index (χ4n) is 3.24. The van der Waals surface area contributed by atoms with Crippen molar-refractivity contribution in [1.82, 2.24) is 10.3 Å². The molecular weight excluding hydrogens is 397 g/mol. The van der Waals surface area contributed by atoms with E-state index >= 15 is 0 Å². The standard InChI is InChI=1S/C20H23ClFN5S/c21-18-3-1-4-19(22)17(18)14-26-9-2-10-27(12-11-26)16-7-5-15(6-8-16)13-24-25-20(23)28/h1,3-8,13H,2,9-12,14H2,(H3,23,25,28). The number of rotatable bonds is 5. The molecule has 28 heavy (non-hydrogen) atoms. The van der Waals surface area contributed by atoms with E-state index in [0.717, 1.165) is 43.9 Å². The molecule has 0 aromatic heterocycles. The van der Waals surface area contributed by atoms with Crippen molar-refractivity contribution in [2.24, 2.45) is 10.8 Å². The normalized spacial score (nSPS) is 15.6. The Morgan fingerprint density at radius 1 is 1.18 bits per heavy atom. The van der Waals surface area contributed by atoms with Crippen molar-refractivity contribution in [3.05, 3.63) is 64.4 Å². The summed E-state index contributed by atoms with van der Waals surface area (Å²) in [6.45, 7) is 4.13. The minimum Gasteiger partial charge on any atom is -0.375 e. The molecule has 2 aromatic rings. The molecular formula is C20H23ClFN5S. The van der Waals surface area contributed by atoms with Gasteiger partial charge in [-0.3, -0.25) is 10.3 Å². The highest BCUT2D eigenvalue weighted by atomic mass is 35.5. The molecule has 5 nitrogen and oxygen atoms in total. The molecule has 1 fully saturated rings. The highest BCUT2D eigenvalue weighted by molar-refractivity contribution is 7.80. The van der Waals surface area contributed by atoms with Gasteiger partial charge in [0.05, 0.1) is 6.21 Å². The largest absolute Gasteiger partial charge is 0.375 e. The molecule has 148 valence electrons. The zero-order chi connectivity index (χ0) is 19.9. The zero-order valence-electron chi connectivity index (χ0n) is 15.4. The first-order valence-electron chi connectivity index (χ1n) is 9.11. The van der Waals surface area contributed by atoms with E-state index in [0.29, 0.717) is 17.1 Å². The Morgan fingerprint density at radius 3 is 2.68 bits per heavy atom. The number of halogens is 2. The van der Waals surface area contributed by atoms with Crippen LogP contribution in [-0.2, 0) is 6.54 Å². The molecule has 1 aliphatic heterocycles. The monoisotopic (exact) mass is 419 g/mol. The lowest BCUT2D eigenvalue weighted by Crippen LogP contribution is -2.30. The van der Waals surface area contributed by atoms with Crippen molar-refractivity contribution in [3.8, 4) is 0 Å². The number of nitrogens with one attached hydrogen (secondary N) is 1. The van der Waals surface area contributed by atoms with Crippen LogP contribution in [0.4, 0.5) is 10.1 Å². The maximum atomic E-state index is 14.1. The Hall–Kier alpha value is -2.22. The molecule has 2 aromatic carbocycles. The lowest BCUT2D eigenvalue weighted by atomic mass is 10.2. The molecule has 0 unspecified atom stereocenters. The quantitative estimate of drug-likeness (QED) is 0.442. The molecule has 0 saturated carbocycles. The first kappa shape index (κ1) is 20.5.